The van der Waals surface area contributed by atoms with E-state index in [4.69, 9.17) is 4.74 Å². The molecule has 24 heavy (non-hydrogen) atoms. The molecule has 0 N–H and O–H groups in total. The molecule has 1 aromatic heterocycles. The van der Waals surface area contributed by atoms with Crippen molar-refractivity contribution in [1.82, 2.24) is 4.37 Å². The van der Waals surface area contributed by atoms with Crippen LogP contribution in [0.3, 0.4) is 0 Å². The number of hydrogen-bond donors (Lipinski definition) is 0. The van der Waals surface area contributed by atoms with Crippen LogP contribution in [0.25, 0.3) is 22.4 Å². The normalized spacial score (nSPS) is 11.5. The van der Waals surface area contributed by atoms with Crippen LogP contribution in [0.5, 0.6) is 5.75 Å². The highest BCUT2D eigenvalue weighted by Gasteiger charge is 2.16. The highest BCUT2D eigenvalue weighted by Crippen LogP contribution is 2.37. The summed E-state index contributed by atoms with van der Waals surface area (Å²) in [7, 11) is -1.56. The summed E-state index contributed by atoms with van der Waals surface area (Å²) in [5.74, 6) is 0.796. The van der Waals surface area contributed by atoms with Gasteiger partial charge in [-0.1, -0.05) is 12.1 Å². The van der Waals surface area contributed by atoms with Gasteiger partial charge in [0.2, 0.25) is 0 Å². The zero-order chi connectivity index (χ0) is 17.3. The number of benzene rings is 2. The van der Waals surface area contributed by atoms with Gasteiger partial charge < -0.3 is 4.74 Å². The molecule has 3 rings (SSSR count). The standard InChI is InChI=1S/C18H17NO3S2/c1-12-17(13-6-10-16(11-7-13)24(3,20)21)18(19-23-12)14-4-8-15(22-2)9-5-14/h4-11H,1-3H3. The molecule has 0 saturated carbocycles. The monoisotopic (exact) mass is 359 g/mol. The van der Waals surface area contributed by atoms with Crippen molar-refractivity contribution in [2.75, 3.05) is 13.4 Å². The lowest BCUT2D eigenvalue weighted by Crippen LogP contribution is -1.96. The van der Waals surface area contributed by atoms with E-state index in [1.165, 1.54) is 17.8 Å². The Morgan fingerprint density at radius 1 is 0.958 bits per heavy atom. The summed E-state index contributed by atoms with van der Waals surface area (Å²) in [5.41, 5.74) is 3.89. The predicted octanol–water partition coefficient (Wildman–Crippen LogP) is 4.20. The van der Waals surface area contributed by atoms with Crippen molar-refractivity contribution in [2.45, 2.75) is 11.8 Å². The van der Waals surface area contributed by atoms with Gasteiger partial charge in [-0.05, 0) is 60.4 Å². The van der Waals surface area contributed by atoms with Gasteiger partial charge in [0.15, 0.2) is 9.84 Å². The molecule has 4 nitrogen and oxygen atoms in total. The van der Waals surface area contributed by atoms with Crippen LogP contribution in [-0.2, 0) is 9.84 Å². The Bertz CT molecular complexity index is 957. The number of nitrogens with zero attached hydrogens (tertiary/aromatic N) is 1. The average molecular weight is 359 g/mol. The number of hydrogen-bond acceptors (Lipinski definition) is 5. The summed E-state index contributed by atoms with van der Waals surface area (Å²) in [5, 5.41) is 0. The molecule has 0 spiro atoms. The third-order valence-corrected chi connectivity index (χ3v) is 5.68. The number of aryl methyl sites for hydroxylation is 1. The third kappa shape index (κ3) is 3.20. The molecule has 6 heteroatoms. The zero-order valence-electron chi connectivity index (χ0n) is 13.6. The second kappa shape index (κ2) is 6.37. The number of aromatic nitrogens is 1. The fourth-order valence-electron chi connectivity index (χ4n) is 2.53. The molecule has 0 fully saturated rings. The summed E-state index contributed by atoms with van der Waals surface area (Å²) in [6, 6.07) is 14.7. The molecule has 1 heterocycles. The van der Waals surface area contributed by atoms with E-state index in [9.17, 15) is 8.42 Å². The van der Waals surface area contributed by atoms with Crippen LogP contribution in [0.4, 0.5) is 0 Å². The number of methoxy groups -OCH3 is 1. The Labute approximate surface area is 145 Å². The smallest absolute Gasteiger partial charge is 0.175 e. The second-order valence-corrected chi connectivity index (χ2v) is 8.48. The SMILES string of the molecule is COc1ccc(-c2nsc(C)c2-c2ccc(S(C)(=O)=O)cc2)cc1. The topological polar surface area (TPSA) is 56.3 Å². The van der Waals surface area contributed by atoms with Crippen LogP contribution < -0.4 is 4.74 Å². The van der Waals surface area contributed by atoms with E-state index in [2.05, 4.69) is 4.37 Å². The minimum absolute atomic E-state index is 0.318. The maximum atomic E-state index is 11.6. The van der Waals surface area contributed by atoms with E-state index in [1.807, 2.05) is 43.3 Å². The highest BCUT2D eigenvalue weighted by molar-refractivity contribution is 7.90. The van der Waals surface area contributed by atoms with E-state index in [0.717, 1.165) is 33.0 Å². The Morgan fingerprint density at radius 3 is 2.08 bits per heavy atom. The fraction of sp³-hybridized carbons (Fsp3) is 0.167. The fourth-order valence-corrected chi connectivity index (χ4v) is 3.89. The maximum absolute atomic E-state index is 11.6. The van der Waals surface area contributed by atoms with Gasteiger partial charge in [0.25, 0.3) is 0 Å². The van der Waals surface area contributed by atoms with E-state index >= 15 is 0 Å². The second-order valence-electron chi connectivity index (χ2n) is 5.49. The van der Waals surface area contributed by atoms with Gasteiger partial charge in [0.1, 0.15) is 5.75 Å². The van der Waals surface area contributed by atoms with Crippen molar-refractivity contribution in [3.05, 3.63) is 53.4 Å². The molecule has 124 valence electrons. The van der Waals surface area contributed by atoms with Gasteiger partial charge in [-0.15, -0.1) is 0 Å². The number of ether oxygens (including phenoxy) is 1. The minimum atomic E-state index is -3.20. The molecule has 0 unspecified atom stereocenters. The van der Waals surface area contributed by atoms with Crippen LogP contribution in [0, 0.1) is 6.92 Å². The summed E-state index contributed by atoms with van der Waals surface area (Å²) in [6.07, 6.45) is 1.21. The van der Waals surface area contributed by atoms with Crippen molar-refractivity contribution in [3.63, 3.8) is 0 Å². The molecule has 0 atom stereocenters. The molecular formula is C18H17NO3S2. The lowest BCUT2D eigenvalue weighted by Gasteiger charge is -2.07. The van der Waals surface area contributed by atoms with Crippen LogP contribution in [0.2, 0.25) is 0 Å². The van der Waals surface area contributed by atoms with Crippen LogP contribution in [-0.4, -0.2) is 26.2 Å². The first-order valence-electron chi connectivity index (χ1n) is 7.31. The first-order valence-corrected chi connectivity index (χ1v) is 9.98. The lowest BCUT2D eigenvalue weighted by atomic mass is 10.00. The first-order chi connectivity index (χ1) is 11.4. The summed E-state index contributed by atoms with van der Waals surface area (Å²) >= 11 is 1.44. The Balaban J connectivity index is 2.07. The Morgan fingerprint density at radius 2 is 1.54 bits per heavy atom. The third-order valence-electron chi connectivity index (χ3n) is 3.80. The van der Waals surface area contributed by atoms with Crippen molar-refractivity contribution in [2.24, 2.45) is 0 Å². The summed E-state index contributed by atoms with van der Waals surface area (Å²) in [6.45, 7) is 2.02. The van der Waals surface area contributed by atoms with Gasteiger partial charge in [0.05, 0.1) is 17.7 Å². The summed E-state index contributed by atoms with van der Waals surface area (Å²) < 4.78 is 33.0. The molecule has 0 radical (unpaired) electrons. The molecule has 0 amide bonds. The van der Waals surface area contributed by atoms with Crippen LogP contribution in [0.15, 0.2) is 53.4 Å². The van der Waals surface area contributed by atoms with E-state index in [0.29, 0.717) is 4.90 Å². The Hall–Kier alpha value is -2.18. The van der Waals surface area contributed by atoms with Gasteiger partial charge in [-0.3, -0.25) is 0 Å². The van der Waals surface area contributed by atoms with Crippen molar-refractivity contribution >= 4 is 21.4 Å². The molecule has 0 bridgehead atoms. The minimum Gasteiger partial charge on any atom is -0.497 e. The number of sulfone groups is 1. The number of rotatable bonds is 4. The van der Waals surface area contributed by atoms with Crippen LogP contribution >= 0.6 is 11.5 Å². The van der Waals surface area contributed by atoms with Gasteiger partial charge in [0, 0.05) is 22.3 Å². The van der Waals surface area contributed by atoms with Gasteiger partial charge >= 0.3 is 0 Å². The highest BCUT2D eigenvalue weighted by atomic mass is 32.2. The van der Waals surface area contributed by atoms with E-state index in [1.54, 1.807) is 19.2 Å². The first kappa shape index (κ1) is 16.7. The molecule has 0 aliphatic heterocycles. The van der Waals surface area contributed by atoms with Gasteiger partial charge in [-0.2, -0.15) is 4.37 Å². The van der Waals surface area contributed by atoms with Gasteiger partial charge in [-0.25, -0.2) is 8.42 Å². The van der Waals surface area contributed by atoms with Crippen molar-refractivity contribution in [1.29, 1.82) is 0 Å². The molecule has 0 aliphatic rings. The Kier molecular flexibility index (Phi) is 4.43. The average Bonchev–Trinajstić information content (AvgIpc) is 2.96. The molecule has 0 aliphatic carbocycles. The molecule has 2 aromatic carbocycles. The van der Waals surface area contributed by atoms with Crippen LogP contribution in [0.1, 0.15) is 4.88 Å². The molecule has 3 aromatic rings. The van der Waals surface area contributed by atoms with Crippen molar-refractivity contribution < 1.29 is 13.2 Å². The molecule has 0 saturated heterocycles. The maximum Gasteiger partial charge on any atom is 0.175 e. The van der Waals surface area contributed by atoms with E-state index < -0.39 is 9.84 Å². The molecular weight excluding hydrogens is 342 g/mol. The lowest BCUT2D eigenvalue weighted by molar-refractivity contribution is 0.415. The van der Waals surface area contributed by atoms with Crippen molar-refractivity contribution in [3.8, 4) is 28.1 Å². The zero-order valence-corrected chi connectivity index (χ0v) is 15.2. The largest absolute Gasteiger partial charge is 0.497 e. The quantitative estimate of drug-likeness (QED) is 0.701. The summed E-state index contributed by atoms with van der Waals surface area (Å²) in [4.78, 5) is 1.41. The van der Waals surface area contributed by atoms with E-state index in [-0.39, 0.29) is 0 Å². The predicted molar refractivity (Wildman–Crippen MR) is 97.4 cm³/mol.